The predicted molar refractivity (Wildman–Crippen MR) is 126 cm³/mol. The number of anilines is 3. The van der Waals surface area contributed by atoms with Crippen LogP contribution in [0.15, 0.2) is 72.8 Å². The molecule has 1 atom stereocenters. The zero-order chi connectivity index (χ0) is 22.7. The third-order valence-electron chi connectivity index (χ3n) is 5.47. The van der Waals surface area contributed by atoms with Crippen LogP contribution in [-0.4, -0.2) is 24.3 Å². The first-order valence-electron chi connectivity index (χ1n) is 10.2. The van der Waals surface area contributed by atoms with Crippen LogP contribution >= 0.6 is 11.6 Å². The van der Waals surface area contributed by atoms with Gasteiger partial charge >= 0.3 is 0 Å². The molecule has 4 rings (SSSR count). The SMILES string of the molecule is Cc1c(Cl)cccc1NC(=O)[C@H]1CC(=O)N(c2cccc(C(=O)Nc3ccccc3)c2)C1. The smallest absolute Gasteiger partial charge is 0.255 e. The molecule has 6 nitrogen and oxygen atoms in total. The highest BCUT2D eigenvalue weighted by atomic mass is 35.5. The van der Waals surface area contributed by atoms with Crippen molar-refractivity contribution in [3.63, 3.8) is 0 Å². The van der Waals surface area contributed by atoms with Crippen molar-refractivity contribution < 1.29 is 14.4 Å². The number of amides is 3. The Bertz CT molecular complexity index is 1180. The van der Waals surface area contributed by atoms with E-state index in [0.29, 0.717) is 27.6 Å². The first kappa shape index (κ1) is 21.6. The fourth-order valence-corrected chi connectivity index (χ4v) is 3.82. The number of halogens is 1. The maximum absolute atomic E-state index is 12.8. The van der Waals surface area contributed by atoms with Crippen LogP contribution in [-0.2, 0) is 9.59 Å². The maximum Gasteiger partial charge on any atom is 0.255 e. The lowest BCUT2D eigenvalue weighted by atomic mass is 10.1. The lowest BCUT2D eigenvalue weighted by molar-refractivity contribution is -0.122. The minimum Gasteiger partial charge on any atom is -0.325 e. The van der Waals surface area contributed by atoms with Crippen LogP contribution in [0.25, 0.3) is 0 Å². The molecule has 0 saturated carbocycles. The van der Waals surface area contributed by atoms with E-state index in [-0.39, 0.29) is 30.7 Å². The summed E-state index contributed by atoms with van der Waals surface area (Å²) in [6.07, 6.45) is 0.103. The van der Waals surface area contributed by atoms with E-state index in [2.05, 4.69) is 10.6 Å². The number of hydrogen-bond donors (Lipinski definition) is 2. The average molecular weight is 448 g/mol. The second kappa shape index (κ2) is 9.24. The van der Waals surface area contributed by atoms with E-state index in [0.717, 1.165) is 5.56 Å². The molecule has 3 aromatic carbocycles. The zero-order valence-corrected chi connectivity index (χ0v) is 18.2. The van der Waals surface area contributed by atoms with Crippen molar-refractivity contribution in [1.29, 1.82) is 0 Å². The van der Waals surface area contributed by atoms with Gasteiger partial charge < -0.3 is 15.5 Å². The molecule has 3 aromatic rings. The number of rotatable bonds is 5. The topological polar surface area (TPSA) is 78.5 Å². The van der Waals surface area contributed by atoms with Gasteiger partial charge in [0, 0.05) is 40.6 Å². The third kappa shape index (κ3) is 4.65. The van der Waals surface area contributed by atoms with E-state index in [4.69, 9.17) is 11.6 Å². The van der Waals surface area contributed by atoms with Gasteiger partial charge in [-0.3, -0.25) is 14.4 Å². The van der Waals surface area contributed by atoms with Gasteiger partial charge in [0.25, 0.3) is 5.91 Å². The molecule has 7 heteroatoms. The fraction of sp³-hybridized carbons (Fsp3) is 0.160. The van der Waals surface area contributed by atoms with Crippen LogP contribution in [0.2, 0.25) is 5.02 Å². The van der Waals surface area contributed by atoms with Crippen molar-refractivity contribution in [2.75, 3.05) is 22.1 Å². The van der Waals surface area contributed by atoms with E-state index in [9.17, 15) is 14.4 Å². The van der Waals surface area contributed by atoms with Crippen molar-refractivity contribution in [1.82, 2.24) is 0 Å². The number of carbonyl (C=O) groups excluding carboxylic acids is 3. The summed E-state index contributed by atoms with van der Waals surface area (Å²) in [5.74, 6) is -1.16. The Morgan fingerprint density at radius 2 is 1.72 bits per heavy atom. The molecule has 0 bridgehead atoms. The summed E-state index contributed by atoms with van der Waals surface area (Å²) in [7, 11) is 0. The summed E-state index contributed by atoms with van der Waals surface area (Å²) in [6.45, 7) is 2.07. The monoisotopic (exact) mass is 447 g/mol. The molecule has 0 aliphatic carbocycles. The maximum atomic E-state index is 12.8. The Morgan fingerprint density at radius 1 is 0.969 bits per heavy atom. The van der Waals surface area contributed by atoms with Crippen molar-refractivity contribution in [2.45, 2.75) is 13.3 Å². The first-order chi connectivity index (χ1) is 15.4. The Morgan fingerprint density at radius 3 is 2.50 bits per heavy atom. The summed E-state index contributed by atoms with van der Waals surface area (Å²) in [5.41, 5.74) is 3.12. The van der Waals surface area contributed by atoms with Gasteiger partial charge in [0.2, 0.25) is 11.8 Å². The summed E-state index contributed by atoms with van der Waals surface area (Å²) in [4.78, 5) is 39.6. The van der Waals surface area contributed by atoms with Crippen molar-refractivity contribution in [3.05, 3.63) is 88.9 Å². The standard InChI is InChI=1S/C25H22ClN3O3/c1-16-21(26)11-6-12-22(16)28-25(32)18-14-23(30)29(15-18)20-10-5-7-17(13-20)24(31)27-19-8-3-2-4-9-19/h2-13,18H,14-15H2,1H3,(H,27,31)(H,28,32)/t18-/m0/s1. The normalized spacial score (nSPS) is 15.5. The molecular formula is C25H22ClN3O3. The van der Waals surface area contributed by atoms with Crippen molar-refractivity contribution >= 4 is 46.4 Å². The van der Waals surface area contributed by atoms with Crippen molar-refractivity contribution in [3.8, 4) is 0 Å². The molecule has 1 saturated heterocycles. The zero-order valence-electron chi connectivity index (χ0n) is 17.5. The molecule has 0 unspecified atom stereocenters. The average Bonchev–Trinajstić information content (AvgIpc) is 3.19. The molecule has 1 fully saturated rings. The number of nitrogens with one attached hydrogen (secondary N) is 2. The van der Waals surface area contributed by atoms with Crippen LogP contribution in [0.3, 0.4) is 0 Å². The fourth-order valence-electron chi connectivity index (χ4n) is 3.65. The molecule has 3 amide bonds. The quantitative estimate of drug-likeness (QED) is 0.584. The van der Waals surface area contributed by atoms with Crippen molar-refractivity contribution in [2.24, 2.45) is 5.92 Å². The molecule has 32 heavy (non-hydrogen) atoms. The number of para-hydroxylation sites is 1. The summed E-state index contributed by atoms with van der Waals surface area (Å²) >= 11 is 6.13. The minimum absolute atomic E-state index is 0.103. The summed E-state index contributed by atoms with van der Waals surface area (Å²) < 4.78 is 0. The molecule has 1 heterocycles. The van der Waals surface area contributed by atoms with Crippen LogP contribution in [0.1, 0.15) is 22.3 Å². The molecule has 1 aliphatic heterocycles. The van der Waals surface area contributed by atoms with Crippen LogP contribution in [0, 0.1) is 12.8 Å². The highest BCUT2D eigenvalue weighted by Crippen LogP contribution is 2.28. The van der Waals surface area contributed by atoms with Gasteiger partial charge in [0.1, 0.15) is 0 Å². The Kier molecular flexibility index (Phi) is 6.23. The number of benzene rings is 3. The molecule has 162 valence electrons. The van der Waals surface area contributed by atoms with E-state index < -0.39 is 5.92 Å². The lowest BCUT2D eigenvalue weighted by Gasteiger charge is -2.18. The molecule has 0 spiro atoms. The van der Waals surface area contributed by atoms with Crippen LogP contribution < -0.4 is 15.5 Å². The number of carbonyl (C=O) groups is 3. The van der Waals surface area contributed by atoms with Gasteiger partial charge in [-0.2, -0.15) is 0 Å². The Balaban J connectivity index is 1.46. The van der Waals surface area contributed by atoms with Gasteiger partial charge in [-0.1, -0.05) is 41.9 Å². The second-order valence-corrected chi connectivity index (χ2v) is 8.08. The Hall–Kier alpha value is -3.64. The van der Waals surface area contributed by atoms with E-state index in [1.165, 1.54) is 0 Å². The van der Waals surface area contributed by atoms with Crippen LogP contribution in [0.4, 0.5) is 17.1 Å². The van der Waals surface area contributed by atoms with Gasteiger partial charge in [0.05, 0.1) is 5.92 Å². The second-order valence-electron chi connectivity index (χ2n) is 7.68. The van der Waals surface area contributed by atoms with Crippen LogP contribution in [0.5, 0.6) is 0 Å². The lowest BCUT2D eigenvalue weighted by Crippen LogP contribution is -2.28. The van der Waals surface area contributed by atoms with E-state index >= 15 is 0 Å². The molecule has 0 radical (unpaired) electrons. The minimum atomic E-state index is -0.498. The van der Waals surface area contributed by atoms with E-state index in [1.54, 1.807) is 59.5 Å². The van der Waals surface area contributed by atoms with Gasteiger partial charge in [0.15, 0.2) is 0 Å². The summed E-state index contributed by atoms with van der Waals surface area (Å²) in [6, 6.07) is 21.3. The summed E-state index contributed by atoms with van der Waals surface area (Å²) in [5, 5.41) is 6.28. The molecular weight excluding hydrogens is 426 g/mol. The Labute approximate surface area is 191 Å². The van der Waals surface area contributed by atoms with E-state index in [1.807, 2.05) is 25.1 Å². The highest BCUT2D eigenvalue weighted by Gasteiger charge is 2.35. The molecule has 2 N–H and O–H groups in total. The first-order valence-corrected chi connectivity index (χ1v) is 10.6. The number of hydrogen-bond acceptors (Lipinski definition) is 3. The largest absolute Gasteiger partial charge is 0.325 e. The molecule has 0 aromatic heterocycles. The molecule has 1 aliphatic rings. The highest BCUT2D eigenvalue weighted by molar-refractivity contribution is 6.31. The van der Waals surface area contributed by atoms with Gasteiger partial charge in [-0.25, -0.2) is 0 Å². The van der Waals surface area contributed by atoms with Gasteiger partial charge in [-0.05, 0) is 55.0 Å². The van der Waals surface area contributed by atoms with Gasteiger partial charge in [-0.15, -0.1) is 0 Å². The predicted octanol–water partition coefficient (Wildman–Crippen LogP) is 4.89. The number of nitrogens with zero attached hydrogens (tertiary/aromatic N) is 1. The third-order valence-corrected chi connectivity index (χ3v) is 5.88.